The Morgan fingerprint density at radius 2 is 1.65 bits per heavy atom. The topological polar surface area (TPSA) is 83.0 Å². The molecular weight excluding hydrogens is 328 g/mol. The molecule has 0 aromatic carbocycles. The zero-order chi connectivity index (χ0) is 17.6. The lowest BCUT2D eigenvalue weighted by atomic mass is 10.3. The molecule has 0 radical (unpaired) electrons. The molecule has 1 saturated heterocycles. The molecule has 8 heteroatoms. The molecule has 1 fully saturated rings. The van der Waals surface area contributed by atoms with Crippen LogP contribution in [0, 0.1) is 0 Å². The number of aromatic nitrogens is 5. The fraction of sp³-hybridized carbons (Fsp3) is 0.278. The highest BCUT2D eigenvalue weighted by atomic mass is 15.4. The summed E-state index contributed by atoms with van der Waals surface area (Å²) in [6.45, 7) is 4.04. The normalized spacial score (nSPS) is 14.3. The van der Waals surface area contributed by atoms with Crippen LogP contribution in [0.4, 0.5) is 17.6 Å². The largest absolute Gasteiger partial charge is 0.363 e. The molecule has 8 nitrogen and oxygen atoms in total. The lowest BCUT2D eigenvalue weighted by molar-refractivity contribution is 0.630. The molecule has 1 aliphatic heterocycles. The van der Waals surface area contributed by atoms with Gasteiger partial charge in [0.15, 0.2) is 5.82 Å². The highest BCUT2D eigenvalue weighted by molar-refractivity contribution is 5.43. The summed E-state index contributed by atoms with van der Waals surface area (Å²) in [5.74, 6) is 2.36. The minimum absolute atomic E-state index is 0.604. The summed E-state index contributed by atoms with van der Waals surface area (Å²) in [6.07, 6.45) is 5.24. The SMILES string of the molecule is c1ccc(CNc2cnnc(N3CCN(c4ccccn4)CC3)n2)nc1. The van der Waals surface area contributed by atoms with Gasteiger partial charge in [-0.25, -0.2) is 4.98 Å². The second kappa shape index (κ2) is 7.73. The summed E-state index contributed by atoms with van der Waals surface area (Å²) in [7, 11) is 0. The first-order valence-electron chi connectivity index (χ1n) is 8.63. The summed E-state index contributed by atoms with van der Waals surface area (Å²) in [5.41, 5.74) is 0.955. The van der Waals surface area contributed by atoms with Gasteiger partial charge in [0.2, 0.25) is 5.95 Å². The van der Waals surface area contributed by atoms with Gasteiger partial charge in [0.1, 0.15) is 5.82 Å². The lowest BCUT2D eigenvalue weighted by Crippen LogP contribution is -2.47. The van der Waals surface area contributed by atoms with Gasteiger partial charge in [-0.1, -0.05) is 12.1 Å². The Hall–Kier alpha value is -3.29. The minimum atomic E-state index is 0.604. The molecule has 0 amide bonds. The van der Waals surface area contributed by atoms with Gasteiger partial charge in [0.25, 0.3) is 0 Å². The van der Waals surface area contributed by atoms with E-state index in [1.54, 1.807) is 12.4 Å². The van der Waals surface area contributed by atoms with Gasteiger partial charge >= 0.3 is 0 Å². The highest BCUT2D eigenvalue weighted by Crippen LogP contribution is 2.16. The van der Waals surface area contributed by atoms with Crippen molar-refractivity contribution in [1.82, 2.24) is 25.1 Å². The van der Waals surface area contributed by atoms with Crippen LogP contribution in [0.3, 0.4) is 0 Å². The monoisotopic (exact) mass is 348 g/mol. The molecule has 1 aliphatic rings. The standard InChI is InChI=1S/C18H20N8/c1-3-7-19-15(5-1)13-21-16-14-22-24-18(23-16)26-11-9-25(10-12-26)17-6-2-4-8-20-17/h1-8,14H,9-13H2,(H,21,23,24). The number of hydrogen-bond donors (Lipinski definition) is 1. The molecule has 0 atom stereocenters. The number of rotatable bonds is 5. The van der Waals surface area contributed by atoms with Crippen molar-refractivity contribution in [3.8, 4) is 0 Å². The molecule has 132 valence electrons. The van der Waals surface area contributed by atoms with Crippen LogP contribution in [0.1, 0.15) is 5.69 Å². The van der Waals surface area contributed by atoms with E-state index >= 15 is 0 Å². The van der Waals surface area contributed by atoms with E-state index < -0.39 is 0 Å². The number of pyridine rings is 2. The van der Waals surface area contributed by atoms with Gasteiger partial charge < -0.3 is 15.1 Å². The Bertz CT molecular complexity index is 819. The van der Waals surface area contributed by atoms with E-state index in [-0.39, 0.29) is 0 Å². The molecule has 3 aromatic rings. The zero-order valence-corrected chi connectivity index (χ0v) is 14.4. The zero-order valence-electron chi connectivity index (χ0n) is 14.4. The smallest absolute Gasteiger partial charge is 0.247 e. The summed E-state index contributed by atoms with van der Waals surface area (Å²) in [6, 6.07) is 11.8. The minimum Gasteiger partial charge on any atom is -0.363 e. The average molecular weight is 348 g/mol. The quantitative estimate of drug-likeness (QED) is 0.744. The molecular formula is C18H20N8. The number of hydrogen-bond acceptors (Lipinski definition) is 8. The van der Waals surface area contributed by atoms with Gasteiger partial charge in [-0.15, -0.1) is 5.10 Å². The second-order valence-electron chi connectivity index (χ2n) is 5.98. The Kier molecular flexibility index (Phi) is 4.81. The first kappa shape index (κ1) is 16.2. The van der Waals surface area contributed by atoms with Gasteiger partial charge in [0, 0.05) is 38.6 Å². The molecule has 26 heavy (non-hydrogen) atoms. The van der Waals surface area contributed by atoms with E-state index in [0.29, 0.717) is 18.3 Å². The predicted molar refractivity (Wildman–Crippen MR) is 100 cm³/mol. The Morgan fingerprint density at radius 1 is 0.885 bits per heavy atom. The number of anilines is 3. The van der Waals surface area contributed by atoms with E-state index in [1.807, 2.05) is 42.6 Å². The highest BCUT2D eigenvalue weighted by Gasteiger charge is 2.20. The third-order valence-corrected chi connectivity index (χ3v) is 4.26. The first-order chi connectivity index (χ1) is 12.9. The van der Waals surface area contributed by atoms with Gasteiger partial charge in [-0.05, 0) is 24.3 Å². The van der Waals surface area contributed by atoms with Gasteiger partial charge in [-0.3, -0.25) is 4.98 Å². The van der Waals surface area contributed by atoms with E-state index in [2.05, 4.69) is 40.3 Å². The van der Waals surface area contributed by atoms with Gasteiger partial charge in [0.05, 0.1) is 18.4 Å². The van der Waals surface area contributed by atoms with Crippen LogP contribution >= 0.6 is 0 Å². The maximum atomic E-state index is 4.59. The Morgan fingerprint density at radius 3 is 2.38 bits per heavy atom. The van der Waals surface area contributed by atoms with Crippen LogP contribution in [0.25, 0.3) is 0 Å². The number of piperazine rings is 1. The van der Waals surface area contributed by atoms with E-state index in [1.165, 1.54) is 0 Å². The molecule has 0 spiro atoms. The first-order valence-corrected chi connectivity index (χ1v) is 8.63. The fourth-order valence-corrected chi connectivity index (χ4v) is 2.87. The Labute approximate surface area is 152 Å². The molecule has 0 unspecified atom stereocenters. The van der Waals surface area contributed by atoms with Crippen LogP contribution < -0.4 is 15.1 Å². The summed E-state index contributed by atoms with van der Waals surface area (Å²) in [5, 5.41) is 11.5. The van der Waals surface area contributed by atoms with Crippen molar-refractivity contribution in [2.24, 2.45) is 0 Å². The third kappa shape index (κ3) is 3.85. The molecule has 3 aromatic heterocycles. The Balaban J connectivity index is 1.36. The summed E-state index contributed by atoms with van der Waals surface area (Å²) in [4.78, 5) is 17.7. The van der Waals surface area contributed by atoms with Crippen molar-refractivity contribution < 1.29 is 0 Å². The predicted octanol–water partition coefficient (Wildman–Crippen LogP) is 1.60. The molecule has 1 N–H and O–H groups in total. The van der Waals surface area contributed by atoms with E-state index in [0.717, 1.165) is 37.7 Å². The number of nitrogens with one attached hydrogen (secondary N) is 1. The van der Waals surface area contributed by atoms with Crippen molar-refractivity contribution in [2.45, 2.75) is 6.54 Å². The van der Waals surface area contributed by atoms with Crippen molar-refractivity contribution in [3.05, 3.63) is 60.7 Å². The van der Waals surface area contributed by atoms with Crippen LogP contribution in [0.2, 0.25) is 0 Å². The third-order valence-electron chi connectivity index (χ3n) is 4.26. The molecule has 0 bridgehead atoms. The van der Waals surface area contributed by atoms with E-state index in [9.17, 15) is 0 Å². The van der Waals surface area contributed by atoms with Crippen LogP contribution in [0.5, 0.6) is 0 Å². The molecule has 0 saturated carbocycles. The summed E-state index contributed by atoms with van der Waals surface area (Å²) >= 11 is 0. The second-order valence-corrected chi connectivity index (χ2v) is 5.98. The molecule has 4 heterocycles. The summed E-state index contributed by atoms with van der Waals surface area (Å²) < 4.78 is 0. The maximum Gasteiger partial charge on any atom is 0.247 e. The van der Waals surface area contributed by atoms with Crippen molar-refractivity contribution >= 4 is 17.6 Å². The lowest BCUT2D eigenvalue weighted by Gasteiger charge is -2.35. The maximum absolute atomic E-state index is 4.59. The van der Waals surface area contributed by atoms with Crippen LogP contribution in [0.15, 0.2) is 55.0 Å². The number of nitrogens with zero attached hydrogens (tertiary/aromatic N) is 7. The average Bonchev–Trinajstić information content (AvgIpc) is 2.74. The molecule has 0 aliphatic carbocycles. The van der Waals surface area contributed by atoms with Crippen LogP contribution in [-0.2, 0) is 6.54 Å². The van der Waals surface area contributed by atoms with Crippen LogP contribution in [-0.4, -0.2) is 51.3 Å². The van der Waals surface area contributed by atoms with E-state index in [4.69, 9.17) is 0 Å². The molecule has 4 rings (SSSR count). The van der Waals surface area contributed by atoms with Gasteiger partial charge in [-0.2, -0.15) is 10.1 Å². The van der Waals surface area contributed by atoms with Crippen molar-refractivity contribution in [3.63, 3.8) is 0 Å². The van der Waals surface area contributed by atoms with Crippen molar-refractivity contribution in [2.75, 3.05) is 41.3 Å². The van der Waals surface area contributed by atoms with Crippen molar-refractivity contribution in [1.29, 1.82) is 0 Å². The fourth-order valence-electron chi connectivity index (χ4n) is 2.87.